The van der Waals surface area contributed by atoms with E-state index < -0.39 is 10.0 Å². The van der Waals surface area contributed by atoms with Crippen LogP contribution < -0.4 is 10.0 Å². The van der Waals surface area contributed by atoms with Gasteiger partial charge >= 0.3 is 0 Å². The fourth-order valence-electron chi connectivity index (χ4n) is 4.72. The molecule has 0 fully saturated rings. The van der Waals surface area contributed by atoms with E-state index in [-0.39, 0.29) is 23.1 Å². The number of thioether (sulfide) groups is 1. The van der Waals surface area contributed by atoms with Gasteiger partial charge in [0.1, 0.15) is 11.2 Å². The molecule has 0 radical (unpaired) electrons. The van der Waals surface area contributed by atoms with Gasteiger partial charge in [-0.15, -0.1) is 21.5 Å². The van der Waals surface area contributed by atoms with Crippen molar-refractivity contribution in [2.75, 3.05) is 11.1 Å². The Balaban J connectivity index is 1.09. The predicted octanol–water partition coefficient (Wildman–Crippen LogP) is 4.67. The number of aromatic nitrogens is 4. The van der Waals surface area contributed by atoms with Crippen LogP contribution in [0.25, 0.3) is 15.9 Å². The maximum absolute atomic E-state index is 12.6. The Morgan fingerprint density at radius 2 is 1.92 bits per heavy atom. The van der Waals surface area contributed by atoms with Gasteiger partial charge in [-0.25, -0.2) is 18.1 Å². The molecule has 2 N–H and O–H groups in total. The number of benzene rings is 2. The van der Waals surface area contributed by atoms with Crippen LogP contribution in [0.4, 0.5) is 5.69 Å². The Kier molecular flexibility index (Phi) is 7.10. The van der Waals surface area contributed by atoms with E-state index in [2.05, 4.69) is 32.1 Å². The van der Waals surface area contributed by atoms with Crippen LogP contribution >= 0.6 is 23.1 Å². The molecular weight excluding hydrogens is 553 g/mol. The first-order valence-corrected chi connectivity index (χ1v) is 15.9. The monoisotopic (exact) mass is 578 g/mol. The number of thiophene rings is 1. The van der Waals surface area contributed by atoms with Crippen molar-refractivity contribution in [1.82, 2.24) is 24.3 Å². The minimum atomic E-state index is -3.67. The lowest BCUT2D eigenvalue weighted by Crippen LogP contribution is -2.23. The lowest BCUT2D eigenvalue weighted by Gasteiger charge is -2.17. The van der Waals surface area contributed by atoms with Gasteiger partial charge in [0, 0.05) is 17.1 Å². The van der Waals surface area contributed by atoms with Gasteiger partial charge in [0.05, 0.1) is 16.0 Å². The van der Waals surface area contributed by atoms with Gasteiger partial charge in [-0.05, 0) is 60.6 Å². The fraction of sp³-hybridized carbons (Fsp3) is 0.259. The third-order valence-corrected chi connectivity index (χ3v) is 10.3. The molecule has 3 heterocycles. The summed E-state index contributed by atoms with van der Waals surface area (Å²) in [7, 11) is -3.67. The Bertz CT molecular complexity index is 1770. The second-order valence-electron chi connectivity index (χ2n) is 9.62. The van der Waals surface area contributed by atoms with Crippen molar-refractivity contribution in [3.8, 4) is 0 Å². The van der Waals surface area contributed by atoms with Crippen LogP contribution in [0.2, 0.25) is 0 Å². The van der Waals surface area contributed by atoms with Gasteiger partial charge in [0.2, 0.25) is 15.9 Å². The van der Waals surface area contributed by atoms with Crippen LogP contribution in [-0.4, -0.2) is 39.7 Å². The highest BCUT2D eigenvalue weighted by molar-refractivity contribution is 7.99. The van der Waals surface area contributed by atoms with E-state index in [1.807, 2.05) is 34.7 Å². The Hall–Kier alpha value is -3.32. The first-order chi connectivity index (χ1) is 18.9. The van der Waals surface area contributed by atoms with Crippen molar-refractivity contribution in [3.05, 3.63) is 76.9 Å². The summed E-state index contributed by atoms with van der Waals surface area (Å²) in [6.07, 6.45) is 5.00. The fourth-order valence-corrected chi connectivity index (χ4v) is 7.79. The normalized spacial score (nSPS) is 15.5. The van der Waals surface area contributed by atoms with Crippen molar-refractivity contribution < 1.29 is 13.2 Å². The lowest BCUT2D eigenvalue weighted by molar-refractivity contribution is -0.113. The molecule has 6 rings (SSSR count). The number of hydrogen-bond acceptors (Lipinski definition) is 8. The largest absolute Gasteiger partial charge is 0.325 e. The smallest absolute Gasteiger partial charge is 0.240 e. The van der Waals surface area contributed by atoms with E-state index in [0.29, 0.717) is 16.8 Å². The molecule has 5 aromatic rings. The zero-order valence-corrected chi connectivity index (χ0v) is 23.6. The summed E-state index contributed by atoms with van der Waals surface area (Å²) in [6.45, 7) is 2.49. The number of amides is 1. The van der Waals surface area contributed by atoms with Gasteiger partial charge < -0.3 is 5.32 Å². The van der Waals surface area contributed by atoms with Crippen LogP contribution in [0.3, 0.4) is 0 Å². The van der Waals surface area contributed by atoms with Crippen LogP contribution in [-0.2, 0) is 34.2 Å². The van der Waals surface area contributed by atoms with Crippen molar-refractivity contribution in [3.63, 3.8) is 0 Å². The minimum absolute atomic E-state index is 0.122. The van der Waals surface area contributed by atoms with Crippen molar-refractivity contribution in [1.29, 1.82) is 0 Å². The van der Waals surface area contributed by atoms with Crippen molar-refractivity contribution in [2.24, 2.45) is 5.92 Å². The quantitative estimate of drug-likeness (QED) is 0.257. The molecule has 0 aliphatic heterocycles. The number of anilines is 1. The SMILES string of the molecule is C[C@H]1CCc2c(sc3ncn4c(SCC(=O)Nc5ccc(S(=O)(=O)NCc6ccccc6)cc5)nnc4c23)C1. The molecule has 2 aromatic carbocycles. The first kappa shape index (κ1) is 25.9. The van der Waals surface area contributed by atoms with Crippen LogP contribution in [0.1, 0.15) is 29.3 Å². The molecule has 0 unspecified atom stereocenters. The zero-order chi connectivity index (χ0) is 27.0. The minimum Gasteiger partial charge on any atom is -0.325 e. The summed E-state index contributed by atoms with van der Waals surface area (Å²) >= 11 is 3.03. The molecule has 12 heteroatoms. The second-order valence-corrected chi connectivity index (χ2v) is 13.4. The number of rotatable bonds is 8. The maximum atomic E-state index is 12.6. The summed E-state index contributed by atoms with van der Waals surface area (Å²) in [5.41, 5.74) is 3.50. The third-order valence-electron chi connectivity index (χ3n) is 6.76. The van der Waals surface area contributed by atoms with E-state index >= 15 is 0 Å². The highest BCUT2D eigenvalue weighted by Gasteiger charge is 2.24. The molecule has 1 aliphatic rings. The summed E-state index contributed by atoms with van der Waals surface area (Å²) in [5.74, 6) is 0.572. The highest BCUT2D eigenvalue weighted by atomic mass is 32.2. The topological polar surface area (TPSA) is 118 Å². The van der Waals surface area contributed by atoms with Crippen molar-refractivity contribution >= 4 is 60.6 Å². The Labute approximate surface area is 234 Å². The molecule has 0 spiro atoms. The number of aryl methyl sites for hydroxylation is 1. The average Bonchev–Trinajstić information content (AvgIpc) is 3.52. The standard InChI is InChI=1S/C27H26N6O3S3/c1-17-7-12-21-22(13-17)38-26-24(21)25-31-32-27(33(25)16-28-26)37-15-23(34)30-19-8-10-20(11-9-19)39(35,36)29-14-18-5-3-2-4-6-18/h2-6,8-11,16-17,29H,7,12-15H2,1H3,(H,30,34)/t17-/m0/s1. The lowest BCUT2D eigenvalue weighted by atomic mass is 9.89. The molecule has 1 amide bonds. The summed E-state index contributed by atoms with van der Waals surface area (Å²) < 4.78 is 29.7. The second kappa shape index (κ2) is 10.7. The Morgan fingerprint density at radius 3 is 2.72 bits per heavy atom. The molecule has 0 saturated heterocycles. The maximum Gasteiger partial charge on any atom is 0.240 e. The number of nitrogens with zero attached hydrogens (tertiary/aromatic N) is 4. The van der Waals surface area contributed by atoms with Crippen LogP contribution in [0.5, 0.6) is 0 Å². The van der Waals surface area contributed by atoms with Gasteiger partial charge in [0.15, 0.2) is 10.8 Å². The van der Waals surface area contributed by atoms with Gasteiger partial charge in [0.25, 0.3) is 0 Å². The van der Waals surface area contributed by atoms with Gasteiger partial charge in [-0.2, -0.15) is 0 Å². The predicted molar refractivity (Wildman–Crippen MR) is 154 cm³/mol. The number of nitrogens with one attached hydrogen (secondary N) is 2. The van der Waals surface area contributed by atoms with Gasteiger partial charge in [-0.3, -0.25) is 9.20 Å². The molecule has 3 aromatic heterocycles. The molecule has 200 valence electrons. The Morgan fingerprint density at radius 1 is 1.13 bits per heavy atom. The van der Waals surface area contributed by atoms with E-state index in [0.717, 1.165) is 40.7 Å². The summed E-state index contributed by atoms with van der Waals surface area (Å²) in [5, 5.41) is 13.3. The molecule has 1 aliphatic carbocycles. The third kappa shape index (κ3) is 5.42. The van der Waals surface area contributed by atoms with E-state index in [9.17, 15) is 13.2 Å². The number of fused-ring (bicyclic) bond motifs is 5. The van der Waals surface area contributed by atoms with Gasteiger partial charge in [-0.1, -0.05) is 49.0 Å². The summed E-state index contributed by atoms with van der Waals surface area (Å²) in [4.78, 5) is 19.8. The zero-order valence-electron chi connectivity index (χ0n) is 21.1. The van der Waals surface area contributed by atoms with E-state index in [1.165, 1.54) is 34.3 Å². The first-order valence-electron chi connectivity index (χ1n) is 12.6. The molecular formula is C27H26N6O3S3. The van der Waals surface area contributed by atoms with E-state index in [4.69, 9.17) is 0 Å². The molecule has 0 saturated carbocycles. The number of carbonyl (C=O) groups is 1. The number of hydrogen-bond donors (Lipinski definition) is 2. The number of carbonyl (C=O) groups excluding carboxylic acids is 1. The average molecular weight is 579 g/mol. The number of sulfonamides is 1. The van der Waals surface area contributed by atoms with E-state index in [1.54, 1.807) is 29.8 Å². The highest BCUT2D eigenvalue weighted by Crippen LogP contribution is 2.39. The molecule has 39 heavy (non-hydrogen) atoms. The molecule has 0 bridgehead atoms. The molecule has 1 atom stereocenters. The van der Waals surface area contributed by atoms with Crippen molar-refractivity contribution in [2.45, 2.75) is 42.8 Å². The van der Waals surface area contributed by atoms with Crippen LogP contribution in [0, 0.1) is 5.92 Å². The van der Waals surface area contributed by atoms with Crippen LogP contribution in [0.15, 0.2) is 71.0 Å². The summed E-state index contributed by atoms with van der Waals surface area (Å²) in [6, 6.07) is 15.4. The molecule has 9 nitrogen and oxygen atoms in total.